The number of carboxylic acid groups (broad SMARTS) is 1. The van der Waals surface area contributed by atoms with Gasteiger partial charge in [0.05, 0.1) is 0 Å². The van der Waals surface area contributed by atoms with Crippen molar-refractivity contribution in [3.63, 3.8) is 0 Å². The Bertz CT molecular complexity index is 633. The Morgan fingerprint density at radius 2 is 1.77 bits per heavy atom. The van der Waals surface area contributed by atoms with E-state index < -0.39 is 5.97 Å². The van der Waals surface area contributed by atoms with Crippen LogP contribution in [0.25, 0.3) is 6.08 Å². The Labute approximate surface area is 135 Å². The number of carbonyl (C=O) groups is 1. The lowest BCUT2D eigenvalue weighted by atomic mass is 10.1. The zero-order valence-electron chi connectivity index (χ0n) is 12.1. The summed E-state index contributed by atoms with van der Waals surface area (Å²) in [5, 5.41) is 12.7. The van der Waals surface area contributed by atoms with Crippen molar-refractivity contribution in [2.24, 2.45) is 0 Å². The van der Waals surface area contributed by atoms with Crippen molar-refractivity contribution in [1.29, 1.82) is 0 Å². The van der Waals surface area contributed by atoms with Crippen LogP contribution in [0, 0.1) is 0 Å². The van der Waals surface area contributed by atoms with Crippen LogP contribution in [0.4, 0.5) is 5.69 Å². The summed E-state index contributed by atoms with van der Waals surface area (Å²) in [7, 11) is 0. The zero-order valence-corrected chi connectivity index (χ0v) is 12.9. The third kappa shape index (κ3) is 5.62. The summed E-state index contributed by atoms with van der Waals surface area (Å²) in [6.07, 6.45) is 4.74. The monoisotopic (exact) mass is 315 g/mol. The SMILES string of the molecule is O=C(O)/C=C/c1ccc(NCCCc2ccc(Cl)cc2)cc1. The van der Waals surface area contributed by atoms with E-state index in [0.29, 0.717) is 0 Å². The molecule has 0 aliphatic heterocycles. The van der Waals surface area contributed by atoms with Crippen LogP contribution in [-0.2, 0) is 11.2 Å². The molecule has 114 valence electrons. The normalized spacial score (nSPS) is 10.8. The molecule has 0 aromatic heterocycles. The van der Waals surface area contributed by atoms with E-state index in [1.165, 1.54) is 5.56 Å². The van der Waals surface area contributed by atoms with Crippen molar-refractivity contribution in [1.82, 2.24) is 0 Å². The molecule has 0 bridgehead atoms. The minimum absolute atomic E-state index is 0.763. The van der Waals surface area contributed by atoms with Gasteiger partial charge >= 0.3 is 5.97 Å². The highest BCUT2D eigenvalue weighted by molar-refractivity contribution is 6.30. The van der Waals surface area contributed by atoms with Crippen molar-refractivity contribution in [2.75, 3.05) is 11.9 Å². The molecule has 0 aliphatic carbocycles. The van der Waals surface area contributed by atoms with Gasteiger partial charge < -0.3 is 10.4 Å². The molecule has 2 rings (SSSR count). The molecule has 0 saturated heterocycles. The van der Waals surface area contributed by atoms with Crippen molar-refractivity contribution >= 4 is 29.3 Å². The van der Waals surface area contributed by atoms with Gasteiger partial charge in [-0.05, 0) is 54.3 Å². The van der Waals surface area contributed by atoms with E-state index in [1.54, 1.807) is 6.08 Å². The van der Waals surface area contributed by atoms with Crippen LogP contribution in [0.15, 0.2) is 54.6 Å². The summed E-state index contributed by atoms with van der Waals surface area (Å²) in [6, 6.07) is 15.6. The topological polar surface area (TPSA) is 49.3 Å². The molecule has 0 spiro atoms. The highest BCUT2D eigenvalue weighted by Crippen LogP contribution is 2.13. The summed E-state index contributed by atoms with van der Waals surface area (Å²) in [5.41, 5.74) is 3.18. The lowest BCUT2D eigenvalue weighted by Gasteiger charge is -2.07. The molecule has 2 aromatic rings. The van der Waals surface area contributed by atoms with Gasteiger partial charge in [-0.15, -0.1) is 0 Å². The standard InChI is InChI=1S/C18H18ClNO2/c19-16-8-3-14(4-9-16)2-1-13-20-17-10-5-15(6-11-17)7-12-18(21)22/h3-12,20H,1-2,13H2,(H,21,22)/b12-7+. The second kappa shape index (κ2) is 8.25. The van der Waals surface area contributed by atoms with Crippen molar-refractivity contribution in [3.05, 3.63) is 70.8 Å². The quantitative estimate of drug-likeness (QED) is 0.585. The first-order chi connectivity index (χ1) is 10.6. The highest BCUT2D eigenvalue weighted by atomic mass is 35.5. The minimum Gasteiger partial charge on any atom is -0.478 e. The smallest absolute Gasteiger partial charge is 0.328 e. The number of aliphatic carboxylic acids is 1. The molecule has 2 aromatic carbocycles. The molecule has 0 unspecified atom stereocenters. The van der Waals surface area contributed by atoms with Gasteiger partial charge in [-0.2, -0.15) is 0 Å². The average molecular weight is 316 g/mol. The molecular weight excluding hydrogens is 298 g/mol. The van der Waals surface area contributed by atoms with Gasteiger partial charge in [-0.25, -0.2) is 4.79 Å². The molecule has 0 saturated carbocycles. The van der Waals surface area contributed by atoms with Crippen LogP contribution in [0.2, 0.25) is 5.02 Å². The maximum atomic E-state index is 10.4. The van der Waals surface area contributed by atoms with Gasteiger partial charge in [-0.1, -0.05) is 35.9 Å². The Kier molecular flexibility index (Phi) is 6.04. The van der Waals surface area contributed by atoms with Crippen LogP contribution in [0.5, 0.6) is 0 Å². The van der Waals surface area contributed by atoms with Crippen molar-refractivity contribution in [2.45, 2.75) is 12.8 Å². The summed E-state index contributed by atoms with van der Waals surface area (Å²) in [4.78, 5) is 10.4. The predicted octanol–water partition coefficient (Wildman–Crippen LogP) is 4.48. The molecule has 0 aliphatic rings. The number of rotatable bonds is 7. The first-order valence-corrected chi connectivity index (χ1v) is 7.51. The van der Waals surface area contributed by atoms with Crippen molar-refractivity contribution in [3.8, 4) is 0 Å². The first-order valence-electron chi connectivity index (χ1n) is 7.13. The zero-order chi connectivity index (χ0) is 15.8. The van der Waals surface area contributed by atoms with Gasteiger partial charge in [0.1, 0.15) is 0 Å². The number of benzene rings is 2. The molecule has 0 heterocycles. The lowest BCUT2D eigenvalue weighted by Crippen LogP contribution is -2.02. The molecular formula is C18H18ClNO2. The second-order valence-electron chi connectivity index (χ2n) is 4.95. The number of hydrogen-bond donors (Lipinski definition) is 2. The Hall–Kier alpha value is -2.26. The second-order valence-corrected chi connectivity index (χ2v) is 5.39. The summed E-state index contributed by atoms with van der Waals surface area (Å²) in [6.45, 7) is 0.882. The van der Waals surface area contributed by atoms with Crippen molar-refractivity contribution < 1.29 is 9.90 Å². The summed E-state index contributed by atoms with van der Waals surface area (Å²) < 4.78 is 0. The lowest BCUT2D eigenvalue weighted by molar-refractivity contribution is -0.131. The number of halogens is 1. The Morgan fingerprint density at radius 3 is 2.41 bits per heavy atom. The Morgan fingerprint density at radius 1 is 1.09 bits per heavy atom. The minimum atomic E-state index is -0.940. The van der Waals surface area contributed by atoms with E-state index in [4.69, 9.17) is 16.7 Å². The molecule has 0 fully saturated rings. The largest absolute Gasteiger partial charge is 0.478 e. The third-order valence-corrected chi connectivity index (χ3v) is 3.47. The van der Waals surface area contributed by atoms with Gasteiger partial charge in [0.2, 0.25) is 0 Å². The number of carboxylic acids is 1. The van der Waals surface area contributed by atoms with Gasteiger partial charge in [0.15, 0.2) is 0 Å². The maximum Gasteiger partial charge on any atom is 0.328 e. The molecule has 0 amide bonds. The molecule has 3 nitrogen and oxygen atoms in total. The van der Waals surface area contributed by atoms with Crippen LogP contribution in [0.3, 0.4) is 0 Å². The van der Waals surface area contributed by atoms with Crippen LogP contribution < -0.4 is 5.32 Å². The first kappa shape index (κ1) is 16.1. The highest BCUT2D eigenvalue weighted by Gasteiger charge is 1.96. The fraction of sp³-hybridized carbons (Fsp3) is 0.167. The van der Waals surface area contributed by atoms with Gasteiger partial charge in [-0.3, -0.25) is 0 Å². The van der Waals surface area contributed by atoms with E-state index in [1.807, 2.05) is 48.5 Å². The molecule has 0 radical (unpaired) electrons. The van der Waals surface area contributed by atoms with Crippen LogP contribution in [0.1, 0.15) is 17.5 Å². The van der Waals surface area contributed by atoms with Crippen LogP contribution >= 0.6 is 11.6 Å². The van der Waals surface area contributed by atoms with Crippen LogP contribution in [-0.4, -0.2) is 17.6 Å². The maximum absolute atomic E-state index is 10.4. The fourth-order valence-corrected chi connectivity index (χ4v) is 2.18. The summed E-state index contributed by atoms with van der Waals surface area (Å²) >= 11 is 5.86. The molecule has 22 heavy (non-hydrogen) atoms. The molecule has 0 atom stereocenters. The molecule has 4 heteroatoms. The third-order valence-electron chi connectivity index (χ3n) is 3.21. The van der Waals surface area contributed by atoms with E-state index in [0.717, 1.165) is 41.7 Å². The fourth-order valence-electron chi connectivity index (χ4n) is 2.06. The number of anilines is 1. The van der Waals surface area contributed by atoms with E-state index in [9.17, 15) is 4.79 Å². The average Bonchev–Trinajstić information content (AvgIpc) is 2.52. The number of hydrogen-bond acceptors (Lipinski definition) is 2. The Balaban J connectivity index is 1.75. The van der Waals surface area contributed by atoms with Gasteiger partial charge in [0, 0.05) is 23.3 Å². The number of aryl methyl sites for hydroxylation is 1. The predicted molar refractivity (Wildman–Crippen MR) is 91.4 cm³/mol. The van der Waals surface area contributed by atoms with E-state index >= 15 is 0 Å². The number of nitrogens with one attached hydrogen (secondary N) is 1. The van der Waals surface area contributed by atoms with Gasteiger partial charge in [0.25, 0.3) is 0 Å². The summed E-state index contributed by atoms with van der Waals surface area (Å²) in [5.74, 6) is -0.940. The van der Waals surface area contributed by atoms with E-state index in [-0.39, 0.29) is 0 Å². The van der Waals surface area contributed by atoms with E-state index in [2.05, 4.69) is 5.32 Å². The molecule has 2 N–H and O–H groups in total.